The van der Waals surface area contributed by atoms with Crippen molar-refractivity contribution in [3.63, 3.8) is 0 Å². The Labute approximate surface area is 104 Å². The minimum absolute atomic E-state index is 0.183. The molecule has 0 aliphatic carbocycles. The van der Waals surface area contributed by atoms with Gasteiger partial charge in [-0.2, -0.15) is 20.1 Å². The van der Waals surface area contributed by atoms with E-state index in [9.17, 15) is 0 Å². The first-order valence-electron chi connectivity index (χ1n) is 5.23. The van der Waals surface area contributed by atoms with E-state index in [4.69, 9.17) is 11.6 Å². The highest BCUT2D eigenvalue weighted by Crippen LogP contribution is 2.18. The summed E-state index contributed by atoms with van der Waals surface area (Å²) in [4.78, 5) is 14.3. The Hall–Kier alpha value is -1.69. The van der Waals surface area contributed by atoms with Crippen LogP contribution in [0.1, 0.15) is 6.92 Å². The van der Waals surface area contributed by atoms with Crippen molar-refractivity contribution >= 4 is 17.5 Å². The third-order valence-electron chi connectivity index (χ3n) is 2.24. The number of hydrogen-bond donors (Lipinski definition) is 0. The summed E-state index contributed by atoms with van der Waals surface area (Å²) in [6.07, 6.45) is 1.71. The highest BCUT2D eigenvalue weighted by atomic mass is 35.5. The van der Waals surface area contributed by atoms with E-state index < -0.39 is 0 Å². The van der Waals surface area contributed by atoms with Crippen LogP contribution < -0.4 is 4.90 Å². The first-order valence-corrected chi connectivity index (χ1v) is 5.60. The van der Waals surface area contributed by atoms with E-state index in [0.29, 0.717) is 11.8 Å². The lowest BCUT2D eigenvalue weighted by Gasteiger charge is -2.11. The minimum atomic E-state index is 0.183. The fourth-order valence-electron chi connectivity index (χ4n) is 1.43. The van der Waals surface area contributed by atoms with Crippen LogP contribution in [0.15, 0.2) is 12.3 Å². The minimum Gasteiger partial charge on any atom is -0.347 e. The van der Waals surface area contributed by atoms with Crippen LogP contribution in [0.3, 0.4) is 0 Å². The molecule has 7 heteroatoms. The molecule has 0 saturated carbocycles. The Kier molecular flexibility index (Phi) is 3.23. The van der Waals surface area contributed by atoms with E-state index in [-0.39, 0.29) is 5.28 Å². The quantitative estimate of drug-likeness (QED) is 0.828. The maximum atomic E-state index is 5.89. The van der Waals surface area contributed by atoms with Crippen molar-refractivity contribution in [2.75, 3.05) is 19.0 Å². The summed E-state index contributed by atoms with van der Waals surface area (Å²) in [6.45, 7) is 2.76. The molecule has 0 aromatic carbocycles. The van der Waals surface area contributed by atoms with Crippen LogP contribution in [0, 0.1) is 0 Å². The molecule has 0 saturated heterocycles. The average molecular weight is 253 g/mol. The monoisotopic (exact) mass is 252 g/mol. The molecule has 2 aromatic heterocycles. The zero-order valence-electron chi connectivity index (χ0n) is 9.92. The van der Waals surface area contributed by atoms with Gasteiger partial charge in [-0.15, -0.1) is 0 Å². The number of aromatic nitrogens is 5. The fraction of sp³-hybridized carbons (Fsp3) is 0.400. The Bertz CT molecular complexity index is 521. The zero-order chi connectivity index (χ0) is 12.4. The topological polar surface area (TPSA) is 59.7 Å². The number of hydrogen-bond acceptors (Lipinski definition) is 5. The van der Waals surface area contributed by atoms with E-state index in [1.807, 2.05) is 31.8 Å². The van der Waals surface area contributed by atoms with Crippen LogP contribution in [0.5, 0.6) is 0 Å². The van der Waals surface area contributed by atoms with Gasteiger partial charge in [0.15, 0.2) is 5.82 Å². The van der Waals surface area contributed by atoms with Crippen LogP contribution in [0.25, 0.3) is 11.5 Å². The van der Waals surface area contributed by atoms with Crippen molar-refractivity contribution in [2.24, 2.45) is 0 Å². The van der Waals surface area contributed by atoms with Crippen LogP contribution >= 0.6 is 11.6 Å². The number of rotatable bonds is 3. The molecule has 0 amide bonds. The predicted octanol–water partition coefficient (Wildman–Crippen LogP) is 1.47. The summed E-state index contributed by atoms with van der Waals surface area (Å²) in [5.74, 6) is 1.07. The van der Waals surface area contributed by atoms with Gasteiger partial charge in [0, 0.05) is 26.8 Å². The highest BCUT2D eigenvalue weighted by Gasteiger charge is 2.12. The van der Waals surface area contributed by atoms with Crippen molar-refractivity contribution < 1.29 is 0 Å². The van der Waals surface area contributed by atoms with Gasteiger partial charge in [0.2, 0.25) is 11.2 Å². The first kappa shape index (κ1) is 11.8. The standard InChI is InChI=1S/C10H13ClN6/c1-4-17-7(5-6-12-17)8-13-9(11)15-10(14-8)16(2)3/h5-6H,4H2,1-3H3. The summed E-state index contributed by atoms with van der Waals surface area (Å²) in [5, 5.41) is 4.36. The molecule has 17 heavy (non-hydrogen) atoms. The normalized spacial score (nSPS) is 10.6. The zero-order valence-corrected chi connectivity index (χ0v) is 10.7. The van der Waals surface area contributed by atoms with Crippen molar-refractivity contribution in [3.05, 3.63) is 17.5 Å². The molecule has 0 atom stereocenters. The summed E-state index contributed by atoms with van der Waals surface area (Å²) in [5.41, 5.74) is 0.833. The van der Waals surface area contributed by atoms with Gasteiger partial charge in [0.25, 0.3) is 0 Å². The van der Waals surface area contributed by atoms with Gasteiger partial charge < -0.3 is 4.90 Å². The summed E-state index contributed by atoms with van der Waals surface area (Å²) in [6, 6.07) is 1.86. The molecule has 0 bridgehead atoms. The third kappa shape index (κ3) is 2.36. The maximum absolute atomic E-state index is 5.89. The molecule has 2 heterocycles. The van der Waals surface area contributed by atoms with Crippen molar-refractivity contribution in [1.29, 1.82) is 0 Å². The molecule has 6 nitrogen and oxygen atoms in total. The lowest BCUT2D eigenvalue weighted by atomic mass is 10.4. The van der Waals surface area contributed by atoms with Gasteiger partial charge in [-0.1, -0.05) is 0 Å². The maximum Gasteiger partial charge on any atom is 0.229 e. The molecular formula is C10H13ClN6. The third-order valence-corrected chi connectivity index (χ3v) is 2.41. The SMILES string of the molecule is CCn1nccc1-c1nc(Cl)nc(N(C)C)n1. The van der Waals surface area contributed by atoms with Crippen LogP contribution in [-0.2, 0) is 6.54 Å². The Morgan fingerprint density at radius 2 is 2.06 bits per heavy atom. The number of aryl methyl sites for hydroxylation is 1. The van der Waals surface area contributed by atoms with Crippen molar-refractivity contribution in [1.82, 2.24) is 24.7 Å². The van der Waals surface area contributed by atoms with Gasteiger partial charge in [-0.05, 0) is 24.6 Å². The molecule has 0 radical (unpaired) electrons. The van der Waals surface area contributed by atoms with Crippen LogP contribution in [0.2, 0.25) is 5.28 Å². The number of anilines is 1. The molecule has 0 fully saturated rings. The summed E-state index contributed by atoms with van der Waals surface area (Å²) < 4.78 is 1.81. The second-order valence-corrected chi connectivity index (χ2v) is 3.99. The van der Waals surface area contributed by atoms with E-state index in [1.54, 1.807) is 11.1 Å². The largest absolute Gasteiger partial charge is 0.347 e. The van der Waals surface area contributed by atoms with E-state index in [1.165, 1.54) is 0 Å². The second-order valence-electron chi connectivity index (χ2n) is 3.65. The van der Waals surface area contributed by atoms with E-state index >= 15 is 0 Å². The molecule has 90 valence electrons. The predicted molar refractivity (Wildman–Crippen MR) is 66.1 cm³/mol. The van der Waals surface area contributed by atoms with Crippen molar-refractivity contribution in [3.8, 4) is 11.5 Å². The number of nitrogens with zero attached hydrogens (tertiary/aromatic N) is 6. The van der Waals surface area contributed by atoms with Gasteiger partial charge in [0.1, 0.15) is 5.69 Å². The first-order chi connectivity index (χ1) is 8.11. The molecule has 0 aliphatic rings. The lowest BCUT2D eigenvalue weighted by Crippen LogP contribution is -2.14. The van der Waals surface area contributed by atoms with Gasteiger partial charge in [-0.3, -0.25) is 4.68 Å². The molecule has 0 aliphatic heterocycles. The van der Waals surface area contributed by atoms with Gasteiger partial charge in [0.05, 0.1) is 0 Å². The molecule has 0 unspecified atom stereocenters. The molecule has 0 N–H and O–H groups in total. The second kappa shape index (κ2) is 4.67. The molecule has 2 rings (SSSR count). The van der Waals surface area contributed by atoms with E-state index in [2.05, 4.69) is 20.1 Å². The highest BCUT2D eigenvalue weighted by molar-refractivity contribution is 6.28. The fourth-order valence-corrected chi connectivity index (χ4v) is 1.58. The van der Waals surface area contributed by atoms with Gasteiger partial charge >= 0.3 is 0 Å². The van der Waals surface area contributed by atoms with Crippen LogP contribution in [-0.4, -0.2) is 38.8 Å². The smallest absolute Gasteiger partial charge is 0.229 e. The van der Waals surface area contributed by atoms with Crippen molar-refractivity contribution in [2.45, 2.75) is 13.5 Å². The Balaban J connectivity index is 2.52. The van der Waals surface area contributed by atoms with Gasteiger partial charge in [-0.25, -0.2) is 0 Å². The van der Waals surface area contributed by atoms with Crippen LogP contribution in [0.4, 0.5) is 5.95 Å². The lowest BCUT2D eigenvalue weighted by molar-refractivity contribution is 0.663. The summed E-state index contributed by atoms with van der Waals surface area (Å²) >= 11 is 5.89. The number of halogens is 1. The van der Waals surface area contributed by atoms with E-state index in [0.717, 1.165) is 12.2 Å². The Morgan fingerprint density at radius 1 is 1.29 bits per heavy atom. The molecule has 2 aromatic rings. The summed E-state index contributed by atoms with van der Waals surface area (Å²) in [7, 11) is 3.71. The molecule has 0 spiro atoms. The molecular weight excluding hydrogens is 240 g/mol. The Morgan fingerprint density at radius 3 is 2.71 bits per heavy atom. The average Bonchev–Trinajstić information content (AvgIpc) is 2.76.